The van der Waals surface area contributed by atoms with E-state index in [1.807, 2.05) is 6.08 Å². The minimum Gasteiger partial charge on any atom is -0.327 e. The highest BCUT2D eigenvalue weighted by Gasteiger charge is 2.07. The molecule has 3 heteroatoms. The van der Waals surface area contributed by atoms with Crippen LogP contribution in [0.4, 0.5) is 0 Å². The van der Waals surface area contributed by atoms with Gasteiger partial charge in [0.25, 0.3) is 0 Å². The molecular weight excluding hydrogens is 152 g/mol. The Morgan fingerprint density at radius 2 is 2.58 bits per heavy atom. The highest BCUT2D eigenvalue weighted by molar-refractivity contribution is 5.75. The van der Waals surface area contributed by atoms with E-state index in [0.717, 1.165) is 5.70 Å². The van der Waals surface area contributed by atoms with Crippen LogP contribution in [0, 0.1) is 17.2 Å². The van der Waals surface area contributed by atoms with Gasteiger partial charge >= 0.3 is 0 Å². The highest BCUT2D eigenvalue weighted by Crippen LogP contribution is 2.13. The number of rotatable bonds is 1. The van der Waals surface area contributed by atoms with Crippen molar-refractivity contribution in [3.8, 4) is 6.07 Å². The maximum atomic E-state index is 10.6. The maximum Gasteiger partial charge on any atom is 0.221 e. The second-order valence-electron chi connectivity index (χ2n) is 2.67. The van der Waals surface area contributed by atoms with Gasteiger partial charge in [0.15, 0.2) is 0 Å². The van der Waals surface area contributed by atoms with E-state index in [0.29, 0.717) is 6.42 Å². The second kappa shape index (κ2) is 3.72. The first-order valence-corrected chi connectivity index (χ1v) is 3.78. The third-order valence-electron chi connectivity index (χ3n) is 1.59. The molecule has 0 aliphatic heterocycles. The zero-order chi connectivity index (χ0) is 8.97. The van der Waals surface area contributed by atoms with Gasteiger partial charge in [-0.15, -0.1) is 0 Å². The zero-order valence-electron chi connectivity index (χ0n) is 6.87. The predicted octanol–water partition coefficient (Wildman–Crippen LogP) is 1.11. The first-order chi connectivity index (χ1) is 5.72. The highest BCUT2D eigenvalue weighted by atomic mass is 16.1. The molecule has 1 aliphatic rings. The normalized spacial score (nSPS) is 21.0. The molecule has 1 rings (SSSR count). The Balaban J connectivity index is 2.53. The fourth-order valence-corrected chi connectivity index (χ4v) is 1.01. The minimum atomic E-state index is -0.0821. The van der Waals surface area contributed by atoms with Crippen LogP contribution in [0.15, 0.2) is 23.9 Å². The molecule has 0 heterocycles. The average molecular weight is 162 g/mol. The molecule has 0 fully saturated rings. The second-order valence-corrected chi connectivity index (χ2v) is 2.67. The smallest absolute Gasteiger partial charge is 0.221 e. The lowest BCUT2D eigenvalue weighted by Crippen LogP contribution is -2.19. The molecule has 3 nitrogen and oxygen atoms in total. The van der Waals surface area contributed by atoms with Gasteiger partial charge < -0.3 is 5.32 Å². The predicted molar refractivity (Wildman–Crippen MR) is 44.8 cm³/mol. The summed E-state index contributed by atoms with van der Waals surface area (Å²) >= 11 is 0. The number of nitriles is 1. The Morgan fingerprint density at radius 3 is 3.00 bits per heavy atom. The molecule has 1 unspecified atom stereocenters. The topological polar surface area (TPSA) is 52.9 Å². The summed E-state index contributed by atoms with van der Waals surface area (Å²) in [5.41, 5.74) is 0.786. The molecule has 1 atom stereocenters. The monoisotopic (exact) mass is 162 g/mol. The van der Waals surface area contributed by atoms with Gasteiger partial charge in [0, 0.05) is 12.6 Å². The molecule has 1 amide bonds. The van der Waals surface area contributed by atoms with Gasteiger partial charge in [-0.2, -0.15) is 5.26 Å². The molecule has 12 heavy (non-hydrogen) atoms. The standard InChI is InChI=1S/C9H10N2O/c1-7(12)11-9-4-2-8(6-10)3-5-9/h2,4-5,8H,3H2,1H3,(H,11,12). The number of amides is 1. The molecule has 0 aromatic heterocycles. The summed E-state index contributed by atoms with van der Waals surface area (Å²) in [6.07, 6.45) is 6.10. The molecule has 1 N–H and O–H groups in total. The quantitative estimate of drug-likeness (QED) is 0.627. The Morgan fingerprint density at radius 1 is 1.83 bits per heavy atom. The molecule has 62 valence electrons. The summed E-state index contributed by atoms with van der Waals surface area (Å²) in [7, 11) is 0. The lowest BCUT2D eigenvalue weighted by atomic mass is 10.0. The Labute approximate surface area is 71.4 Å². The minimum absolute atomic E-state index is 0.0393. The van der Waals surface area contributed by atoms with Crippen LogP contribution in [0.25, 0.3) is 0 Å². The molecule has 0 aromatic rings. The van der Waals surface area contributed by atoms with E-state index in [-0.39, 0.29) is 11.8 Å². The number of nitrogens with zero attached hydrogens (tertiary/aromatic N) is 1. The van der Waals surface area contributed by atoms with Crippen LogP contribution in [0.1, 0.15) is 13.3 Å². The SMILES string of the molecule is CC(=O)NC1=CCC(C#N)C=C1. The summed E-state index contributed by atoms with van der Waals surface area (Å²) in [6.45, 7) is 1.46. The van der Waals surface area contributed by atoms with Crippen LogP contribution < -0.4 is 5.32 Å². The molecular formula is C9H10N2O. The zero-order valence-corrected chi connectivity index (χ0v) is 6.87. The van der Waals surface area contributed by atoms with E-state index in [9.17, 15) is 4.79 Å². The van der Waals surface area contributed by atoms with Crippen molar-refractivity contribution in [1.29, 1.82) is 5.26 Å². The third kappa shape index (κ3) is 2.24. The summed E-state index contributed by atoms with van der Waals surface area (Å²) < 4.78 is 0. The van der Waals surface area contributed by atoms with Crippen LogP contribution in [-0.4, -0.2) is 5.91 Å². The van der Waals surface area contributed by atoms with Crippen LogP contribution in [0.3, 0.4) is 0 Å². The van der Waals surface area contributed by atoms with E-state index in [1.165, 1.54) is 6.92 Å². The molecule has 0 bridgehead atoms. The Bertz CT molecular complexity index is 283. The lowest BCUT2D eigenvalue weighted by molar-refractivity contribution is -0.118. The summed E-state index contributed by atoms with van der Waals surface area (Å²) in [6, 6.07) is 2.13. The van der Waals surface area contributed by atoms with E-state index < -0.39 is 0 Å². The van der Waals surface area contributed by atoms with Gasteiger partial charge in [0.1, 0.15) is 0 Å². The molecule has 0 spiro atoms. The van der Waals surface area contributed by atoms with Crippen molar-refractivity contribution in [2.75, 3.05) is 0 Å². The average Bonchev–Trinajstić information content (AvgIpc) is 2.05. The van der Waals surface area contributed by atoms with Crippen molar-refractivity contribution in [2.24, 2.45) is 5.92 Å². The fourth-order valence-electron chi connectivity index (χ4n) is 1.01. The Kier molecular flexibility index (Phi) is 2.65. The number of hydrogen-bond acceptors (Lipinski definition) is 2. The number of carbonyl (C=O) groups excluding carboxylic acids is 1. The van der Waals surface area contributed by atoms with Crippen molar-refractivity contribution in [3.05, 3.63) is 23.9 Å². The number of nitrogens with one attached hydrogen (secondary N) is 1. The van der Waals surface area contributed by atoms with E-state index >= 15 is 0 Å². The number of carbonyl (C=O) groups is 1. The largest absolute Gasteiger partial charge is 0.327 e. The molecule has 0 aromatic carbocycles. The van der Waals surface area contributed by atoms with Gasteiger partial charge in [-0.25, -0.2) is 0 Å². The number of allylic oxidation sites excluding steroid dienone is 3. The van der Waals surface area contributed by atoms with Gasteiger partial charge in [-0.1, -0.05) is 12.2 Å². The van der Waals surface area contributed by atoms with Crippen molar-refractivity contribution in [1.82, 2.24) is 5.32 Å². The van der Waals surface area contributed by atoms with Gasteiger partial charge in [-0.3, -0.25) is 4.79 Å². The first-order valence-electron chi connectivity index (χ1n) is 3.78. The van der Waals surface area contributed by atoms with Crippen molar-refractivity contribution < 1.29 is 4.79 Å². The van der Waals surface area contributed by atoms with Crippen LogP contribution in [-0.2, 0) is 4.79 Å². The molecule has 0 radical (unpaired) electrons. The molecule has 0 saturated heterocycles. The third-order valence-corrected chi connectivity index (χ3v) is 1.59. The summed E-state index contributed by atoms with van der Waals surface area (Å²) in [5, 5.41) is 11.2. The molecule has 0 saturated carbocycles. The lowest BCUT2D eigenvalue weighted by Gasteiger charge is -2.09. The Hall–Kier alpha value is -1.56. The van der Waals surface area contributed by atoms with Crippen LogP contribution in [0.5, 0.6) is 0 Å². The first kappa shape index (κ1) is 8.54. The van der Waals surface area contributed by atoms with E-state index in [1.54, 1.807) is 12.2 Å². The molecule has 1 aliphatic carbocycles. The van der Waals surface area contributed by atoms with Gasteiger partial charge in [0.2, 0.25) is 5.91 Å². The van der Waals surface area contributed by atoms with Gasteiger partial charge in [0.05, 0.1) is 12.0 Å². The van der Waals surface area contributed by atoms with Gasteiger partial charge in [-0.05, 0) is 12.5 Å². The van der Waals surface area contributed by atoms with Crippen LogP contribution >= 0.6 is 0 Å². The summed E-state index contributed by atoms with van der Waals surface area (Å²) in [5.74, 6) is -0.121. The fraction of sp³-hybridized carbons (Fsp3) is 0.333. The van der Waals surface area contributed by atoms with E-state index in [4.69, 9.17) is 5.26 Å². The van der Waals surface area contributed by atoms with Crippen molar-refractivity contribution in [2.45, 2.75) is 13.3 Å². The number of hydrogen-bond donors (Lipinski definition) is 1. The van der Waals surface area contributed by atoms with Crippen molar-refractivity contribution in [3.63, 3.8) is 0 Å². The van der Waals surface area contributed by atoms with Crippen LogP contribution in [0.2, 0.25) is 0 Å². The summed E-state index contributed by atoms with van der Waals surface area (Å²) in [4.78, 5) is 10.6. The van der Waals surface area contributed by atoms with E-state index in [2.05, 4.69) is 11.4 Å². The maximum absolute atomic E-state index is 10.6. The van der Waals surface area contributed by atoms with Crippen molar-refractivity contribution >= 4 is 5.91 Å².